The molecule has 0 fully saturated rings. The first kappa shape index (κ1) is 23.1. The third kappa shape index (κ3) is 3.84. The van der Waals surface area contributed by atoms with Crippen molar-refractivity contribution in [1.82, 2.24) is 0 Å². The number of nitrogens with zero attached hydrogens (tertiary/aromatic N) is 2. The smallest absolute Gasteiger partial charge is 0.384 e. The first-order valence-corrected chi connectivity index (χ1v) is 11.4. The number of hydrogen-bond acceptors (Lipinski definition) is 5. The number of nitrogens with two attached hydrogens (primary N) is 1. The fourth-order valence-corrected chi connectivity index (χ4v) is 5.90. The Morgan fingerprint density at radius 1 is 1.21 bits per heavy atom. The number of rotatable bonds is 2. The van der Waals surface area contributed by atoms with Crippen LogP contribution >= 0.6 is 11.3 Å². The Morgan fingerprint density at radius 2 is 1.88 bits per heavy atom. The fraction of sp³-hybridized carbons (Fsp3) is 0.360. The lowest BCUT2D eigenvalue weighted by Gasteiger charge is -2.44. The highest BCUT2D eigenvalue weighted by atomic mass is 32.1. The van der Waals surface area contributed by atoms with Gasteiger partial charge in [-0.2, -0.15) is 18.4 Å². The van der Waals surface area contributed by atoms with E-state index in [4.69, 9.17) is 5.73 Å². The standard InChI is InChI=1S/C25H24F3N3OS/c1-13-9-15(14(2)33-13)21-16(12-29)23(30)31(18-8-6-5-7-17(18)25(26,27)28)19-10-24(3,4)11-20(32)22(19)21/h5-9,21H,10-11,30H2,1-4H3/t21-/m0/s1. The average Bonchev–Trinajstić information content (AvgIpc) is 3.03. The highest BCUT2D eigenvalue weighted by Crippen LogP contribution is 2.52. The molecule has 0 bridgehead atoms. The van der Waals surface area contributed by atoms with E-state index in [1.807, 2.05) is 33.8 Å². The molecule has 2 aliphatic rings. The summed E-state index contributed by atoms with van der Waals surface area (Å²) in [4.78, 5) is 16.8. The largest absolute Gasteiger partial charge is 0.418 e. The van der Waals surface area contributed by atoms with Crippen LogP contribution in [0.2, 0.25) is 0 Å². The van der Waals surface area contributed by atoms with Crippen molar-refractivity contribution >= 4 is 22.8 Å². The van der Waals surface area contributed by atoms with Crippen molar-refractivity contribution in [1.29, 1.82) is 5.26 Å². The van der Waals surface area contributed by atoms with Crippen LogP contribution in [0.25, 0.3) is 0 Å². The van der Waals surface area contributed by atoms with Gasteiger partial charge in [-0.3, -0.25) is 9.69 Å². The van der Waals surface area contributed by atoms with Crippen LogP contribution in [0.1, 0.15) is 53.5 Å². The number of benzene rings is 1. The Bertz CT molecular complexity index is 1260. The second kappa shape index (κ2) is 7.77. The lowest BCUT2D eigenvalue weighted by molar-refractivity contribution is -0.137. The van der Waals surface area contributed by atoms with E-state index >= 15 is 0 Å². The van der Waals surface area contributed by atoms with E-state index < -0.39 is 23.1 Å². The van der Waals surface area contributed by atoms with Gasteiger partial charge in [0.05, 0.1) is 28.8 Å². The molecule has 172 valence electrons. The van der Waals surface area contributed by atoms with Crippen molar-refractivity contribution in [2.45, 2.75) is 52.6 Å². The summed E-state index contributed by atoms with van der Waals surface area (Å²) >= 11 is 1.55. The summed E-state index contributed by atoms with van der Waals surface area (Å²) in [5.74, 6) is -0.913. The van der Waals surface area contributed by atoms with E-state index in [1.165, 1.54) is 23.1 Å². The van der Waals surface area contributed by atoms with Crippen LogP contribution in [-0.4, -0.2) is 5.78 Å². The van der Waals surface area contributed by atoms with E-state index in [1.54, 1.807) is 11.3 Å². The molecule has 1 aliphatic carbocycles. The van der Waals surface area contributed by atoms with E-state index in [0.717, 1.165) is 21.4 Å². The maximum Gasteiger partial charge on any atom is 0.418 e. The highest BCUT2D eigenvalue weighted by Gasteiger charge is 2.46. The molecule has 2 heterocycles. The molecule has 0 spiro atoms. The number of carbonyl (C=O) groups excluding carboxylic acids is 1. The first-order chi connectivity index (χ1) is 15.4. The second-order valence-corrected chi connectivity index (χ2v) is 10.8. The molecule has 0 amide bonds. The van der Waals surface area contributed by atoms with E-state index in [0.29, 0.717) is 17.7 Å². The lowest BCUT2D eigenvalue weighted by Crippen LogP contribution is -2.42. The summed E-state index contributed by atoms with van der Waals surface area (Å²) in [7, 11) is 0. The van der Waals surface area contributed by atoms with Crippen LogP contribution in [0.5, 0.6) is 0 Å². The van der Waals surface area contributed by atoms with Crippen LogP contribution in [0.4, 0.5) is 18.9 Å². The van der Waals surface area contributed by atoms with Gasteiger partial charge in [-0.05, 0) is 49.4 Å². The van der Waals surface area contributed by atoms with Gasteiger partial charge in [0, 0.05) is 27.4 Å². The van der Waals surface area contributed by atoms with E-state index in [-0.39, 0.29) is 29.3 Å². The summed E-state index contributed by atoms with van der Waals surface area (Å²) in [5, 5.41) is 10.1. The van der Waals surface area contributed by atoms with Crippen molar-refractivity contribution in [2.75, 3.05) is 4.90 Å². The van der Waals surface area contributed by atoms with Crippen LogP contribution in [0.15, 0.2) is 53.0 Å². The molecule has 2 aromatic rings. The predicted molar refractivity (Wildman–Crippen MR) is 122 cm³/mol. The number of alkyl halides is 3. The Kier molecular flexibility index (Phi) is 5.44. The van der Waals surface area contributed by atoms with E-state index in [9.17, 15) is 23.2 Å². The van der Waals surface area contributed by atoms with Crippen LogP contribution in [0.3, 0.4) is 0 Å². The highest BCUT2D eigenvalue weighted by molar-refractivity contribution is 7.12. The summed E-state index contributed by atoms with van der Waals surface area (Å²) in [5.41, 5.74) is 6.69. The number of ketones is 1. The summed E-state index contributed by atoms with van der Waals surface area (Å²) in [6, 6.07) is 9.19. The molecule has 4 nitrogen and oxygen atoms in total. The predicted octanol–water partition coefficient (Wildman–Crippen LogP) is 6.32. The molecule has 33 heavy (non-hydrogen) atoms. The monoisotopic (exact) mass is 471 g/mol. The number of allylic oxidation sites excluding steroid dienone is 3. The number of para-hydroxylation sites is 1. The number of anilines is 1. The van der Waals surface area contributed by atoms with Gasteiger partial charge in [-0.25, -0.2) is 0 Å². The molecular formula is C25H24F3N3OS. The minimum atomic E-state index is -4.63. The summed E-state index contributed by atoms with van der Waals surface area (Å²) in [6.45, 7) is 7.69. The van der Waals surface area contributed by atoms with Crippen LogP contribution in [-0.2, 0) is 11.0 Å². The molecule has 1 aromatic carbocycles. The maximum atomic E-state index is 13.9. The van der Waals surface area contributed by atoms with Gasteiger partial charge < -0.3 is 5.73 Å². The maximum absolute atomic E-state index is 13.9. The van der Waals surface area contributed by atoms with Gasteiger partial charge >= 0.3 is 6.18 Å². The molecule has 0 saturated heterocycles. The zero-order valence-electron chi connectivity index (χ0n) is 18.8. The summed E-state index contributed by atoms with van der Waals surface area (Å²) in [6.07, 6.45) is -4.02. The molecule has 0 radical (unpaired) electrons. The normalized spacial score (nSPS) is 20.7. The quantitative estimate of drug-likeness (QED) is 0.556. The number of Topliss-reactive ketones (excluding diaryl/α,β-unsaturated/α-hetero) is 1. The number of thiophene rings is 1. The van der Waals surface area contributed by atoms with Gasteiger partial charge in [0.25, 0.3) is 0 Å². The van der Waals surface area contributed by atoms with E-state index in [2.05, 4.69) is 6.07 Å². The number of halogens is 3. The molecule has 4 rings (SSSR count). The minimum Gasteiger partial charge on any atom is -0.384 e. The number of aryl methyl sites for hydroxylation is 2. The molecule has 1 aliphatic heterocycles. The van der Waals surface area contributed by atoms with Crippen molar-refractivity contribution < 1.29 is 18.0 Å². The van der Waals surface area contributed by atoms with Gasteiger partial charge in [0.1, 0.15) is 5.82 Å². The van der Waals surface area contributed by atoms with Gasteiger partial charge in [0.15, 0.2) is 5.78 Å². The molecule has 0 saturated carbocycles. The van der Waals surface area contributed by atoms with Crippen molar-refractivity contribution in [3.8, 4) is 6.07 Å². The Hall–Kier alpha value is -3.05. The van der Waals surface area contributed by atoms with Crippen LogP contribution < -0.4 is 10.6 Å². The third-order valence-corrected chi connectivity index (χ3v) is 7.20. The molecule has 1 aromatic heterocycles. The molecule has 0 unspecified atom stereocenters. The summed E-state index contributed by atoms with van der Waals surface area (Å²) < 4.78 is 41.8. The minimum absolute atomic E-state index is 0.0632. The topological polar surface area (TPSA) is 70.1 Å². The lowest BCUT2D eigenvalue weighted by atomic mass is 9.68. The number of hydrogen-bond donors (Lipinski definition) is 1. The van der Waals surface area contributed by atoms with Crippen molar-refractivity contribution in [2.24, 2.45) is 11.1 Å². The molecular weight excluding hydrogens is 447 g/mol. The Balaban J connectivity index is 2.06. The van der Waals surface area contributed by atoms with Crippen molar-refractivity contribution in [3.63, 3.8) is 0 Å². The van der Waals surface area contributed by atoms with Crippen molar-refractivity contribution in [3.05, 3.63) is 73.9 Å². The second-order valence-electron chi connectivity index (χ2n) is 9.36. The molecule has 8 heteroatoms. The average molecular weight is 472 g/mol. The first-order valence-electron chi connectivity index (χ1n) is 10.5. The number of carbonyl (C=O) groups is 1. The molecule has 1 atom stereocenters. The third-order valence-electron chi connectivity index (χ3n) is 6.22. The van der Waals surface area contributed by atoms with Gasteiger partial charge in [-0.15, -0.1) is 11.3 Å². The Labute approximate surface area is 194 Å². The molecule has 2 N–H and O–H groups in total. The zero-order chi connectivity index (χ0) is 24.3. The zero-order valence-corrected chi connectivity index (χ0v) is 19.6. The SMILES string of the molecule is Cc1cc([C@H]2C(C#N)=C(N)N(c3ccccc3C(F)(F)F)C3=C2C(=O)CC(C)(C)C3)c(C)s1. The fourth-order valence-electron chi connectivity index (χ4n) is 4.94. The van der Waals surface area contributed by atoms with Gasteiger partial charge in [0.2, 0.25) is 0 Å². The van der Waals surface area contributed by atoms with Gasteiger partial charge in [-0.1, -0.05) is 26.0 Å². The Morgan fingerprint density at radius 3 is 2.45 bits per heavy atom. The number of nitriles is 1. The van der Waals surface area contributed by atoms with Crippen LogP contribution in [0, 0.1) is 30.6 Å².